The van der Waals surface area contributed by atoms with Crippen LogP contribution >= 0.6 is 0 Å². The standard InChI is InChI=1S/C16H15F3O/c1-2-12-5-4-8-15(10-12)20-11-13-6-3-7-14(9-13)16(17,18)19/h3-10H,2,11H2,1H3. The van der Waals surface area contributed by atoms with Gasteiger partial charge in [-0.05, 0) is 41.8 Å². The van der Waals surface area contributed by atoms with E-state index in [-0.39, 0.29) is 6.61 Å². The Bertz CT molecular complexity index is 576. The Balaban J connectivity index is 2.07. The molecule has 0 heterocycles. The van der Waals surface area contributed by atoms with Crippen molar-refractivity contribution in [2.45, 2.75) is 26.1 Å². The summed E-state index contributed by atoms with van der Waals surface area (Å²) in [6, 6.07) is 12.7. The molecule has 0 N–H and O–H groups in total. The molecule has 0 unspecified atom stereocenters. The molecule has 0 amide bonds. The summed E-state index contributed by atoms with van der Waals surface area (Å²) in [7, 11) is 0. The number of rotatable bonds is 4. The first-order valence-corrected chi connectivity index (χ1v) is 6.37. The first-order valence-electron chi connectivity index (χ1n) is 6.37. The van der Waals surface area contributed by atoms with Crippen molar-refractivity contribution in [2.24, 2.45) is 0 Å². The summed E-state index contributed by atoms with van der Waals surface area (Å²) < 4.78 is 43.3. The number of halogens is 3. The molecule has 0 spiro atoms. The fourth-order valence-corrected chi connectivity index (χ4v) is 1.86. The Morgan fingerprint density at radius 2 is 1.65 bits per heavy atom. The topological polar surface area (TPSA) is 9.23 Å². The van der Waals surface area contributed by atoms with E-state index < -0.39 is 11.7 Å². The fraction of sp³-hybridized carbons (Fsp3) is 0.250. The lowest BCUT2D eigenvalue weighted by molar-refractivity contribution is -0.137. The molecular formula is C16H15F3O. The Kier molecular flexibility index (Phi) is 4.32. The van der Waals surface area contributed by atoms with Crippen LogP contribution in [0.5, 0.6) is 5.75 Å². The molecule has 106 valence electrons. The molecule has 1 nitrogen and oxygen atoms in total. The van der Waals surface area contributed by atoms with Gasteiger partial charge in [-0.25, -0.2) is 0 Å². The largest absolute Gasteiger partial charge is 0.489 e. The molecule has 20 heavy (non-hydrogen) atoms. The molecule has 2 rings (SSSR count). The highest BCUT2D eigenvalue weighted by Gasteiger charge is 2.30. The lowest BCUT2D eigenvalue weighted by atomic mass is 10.1. The minimum Gasteiger partial charge on any atom is -0.489 e. The minimum atomic E-state index is -4.32. The van der Waals surface area contributed by atoms with Crippen LogP contribution in [0.15, 0.2) is 48.5 Å². The number of aryl methyl sites for hydroxylation is 1. The highest BCUT2D eigenvalue weighted by Crippen LogP contribution is 2.29. The summed E-state index contributed by atoms with van der Waals surface area (Å²) in [5.41, 5.74) is 0.981. The molecule has 0 bridgehead atoms. The predicted molar refractivity (Wildman–Crippen MR) is 71.6 cm³/mol. The van der Waals surface area contributed by atoms with Crippen LogP contribution in [-0.4, -0.2) is 0 Å². The average Bonchev–Trinajstić information content (AvgIpc) is 2.45. The van der Waals surface area contributed by atoms with Gasteiger partial charge >= 0.3 is 6.18 Å². The SMILES string of the molecule is CCc1cccc(OCc2cccc(C(F)(F)F)c2)c1. The second-order valence-electron chi connectivity index (χ2n) is 4.49. The molecule has 0 aliphatic rings. The lowest BCUT2D eigenvalue weighted by Crippen LogP contribution is -2.06. The highest BCUT2D eigenvalue weighted by molar-refractivity contribution is 5.30. The van der Waals surface area contributed by atoms with E-state index in [9.17, 15) is 13.2 Å². The van der Waals surface area contributed by atoms with Gasteiger partial charge in [0, 0.05) is 0 Å². The van der Waals surface area contributed by atoms with E-state index in [0.29, 0.717) is 11.3 Å². The zero-order valence-electron chi connectivity index (χ0n) is 11.1. The highest BCUT2D eigenvalue weighted by atomic mass is 19.4. The Morgan fingerprint density at radius 3 is 2.35 bits per heavy atom. The van der Waals surface area contributed by atoms with Gasteiger partial charge in [-0.1, -0.05) is 31.2 Å². The van der Waals surface area contributed by atoms with Crippen LogP contribution in [0, 0.1) is 0 Å². The van der Waals surface area contributed by atoms with Crippen LogP contribution in [0.4, 0.5) is 13.2 Å². The van der Waals surface area contributed by atoms with Crippen molar-refractivity contribution in [1.29, 1.82) is 0 Å². The molecule has 2 aromatic rings. The van der Waals surface area contributed by atoms with Gasteiger partial charge in [-0.3, -0.25) is 0 Å². The summed E-state index contributed by atoms with van der Waals surface area (Å²) in [6.07, 6.45) is -3.43. The van der Waals surface area contributed by atoms with Gasteiger partial charge < -0.3 is 4.74 Å². The first-order chi connectivity index (χ1) is 9.49. The number of hydrogen-bond acceptors (Lipinski definition) is 1. The Hall–Kier alpha value is -1.97. The third kappa shape index (κ3) is 3.76. The van der Waals surface area contributed by atoms with Gasteiger partial charge in [0.2, 0.25) is 0 Å². The van der Waals surface area contributed by atoms with E-state index >= 15 is 0 Å². The third-order valence-corrected chi connectivity index (χ3v) is 2.97. The number of benzene rings is 2. The lowest BCUT2D eigenvalue weighted by Gasteiger charge is -2.10. The van der Waals surface area contributed by atoms with E-state index in [2.05, 4.69) is 0 Å². The second-order valence-corrected chi connectivity index (χ2v) is 4.49. The van der Waals surface area contributed by atoms with Gasteiger partial charge in [-0.2, -0.15) is 13.2 Å². The van der Waals surface area contributed by atoms with Crippen LogP contribution in [0.25, 0.3) is 0 Å². The van der Waals surface area contributed by atoms with E-state index in [4.69, 9.17) is 4.74 Å². The van der Waals surface area contributed by atoms with Crippen LogP contribution < -0.4 is 4.74 Å². The van der Waals surface area contributed by atoms with Gasteiger partial charge in [0.05, 0.1) is 5.56 Å². The van der Waals surface area contributed by atoms with Gasteiger partial charge in [0.1, 0.15) is 12.4 Å². The molecule has 0 aromatic heterocycles. The molecule has 0 saturated carbocycles. The van der Waals surface area contributed by atoms with Crippen molar-refractivity contribution >= 4 is 0 Å². The number of ether oxygens (including phenoxy) is 1. The third-order valence-electron chi connectivity index (χ3n) is 2.97. The van der Waals surface area contributed by atoms with Crippen molar-refractivity contribution in [3.05, 3.63) is 65.2 Å². The zero-order chi connectivity index (χ0) is 14.6. The second kappa shape index (κ2) is 5.99. The number of alkyl halides is 3. The monoisotopic (exact) mass is 280 g/mol. The van der Waals surface area contributed by atoms with E-state index in [0.717, 1.165) is 24.1 Å². The Morgan fingerprint density at radius 1 is 0.950 bits per heavy atom. The van der Waals surface area contributed by atoms with Crippen molar-refractivity contribution in [2.75, 3.05) is 0 Å². The molecule has 0 radical (unpaired) electrons. The maximum Gasteiger partial charge on any atom is 0.416 e. The molecular weight excluding hydrogens is 265 g/mol. The average molecular weight is 280 g/mol. The molecule has 0 aliphatic carbocycles. The van der Waals surface area contributed by atoms with Crippen LogP contribution in [0.2, 0.25) is 0 Å². The van der Waals surface area contributed by atoms with E-state index in [1.54, 1.807) is 12.1 Å². The van der Waals surface area contributed by atoms with Crippen molar-refractivity contribution in [1.82, 2.24) is 0 Å². The minimum absolute atomic E-state index is 0.122. The maximum atomic E-state index is 12.6. The van der Waals surface area contributed by atoms with Crippen molar-refractivity contribution < 1.29 is 17.9 Å². The van der Waals surface area contributed by atoms with E-state index in [1.165, 1.54) is 6.07 Å². The van der Waals surface area contributed by atoms with Crippen molar-refractivity contribution in [3.8, 4) is 5.75 Å². The van der Waals surface area contributed by atoms with Crippen molar-refractivity contribution in [3.63, 3.8) is 0 Å². The van der Waals surface area contributed by atoms with Crippen LogP contribution in [0.1, 0.15) is 23.6 Å². The number of hydrogen-bond donors (Lipinski definition) is 0. The molecule has 0 atom stereocenters. The normalized spacial score (nSPS) is 11.4. The smallest absolute Gasteiger partial charge is 0.416 e. The van der Waals surface area contributed by atoms with Crippen LogP contribution in [0.3, 0.4) is 0 Å². The van der Waals surface area contributed by atoms with Gasteiger partial charge in [0.15, 0.2) is 0 Å². The van der Waals surface area contributed by atoms with E-state index in [1.807, 2.05) is 25.1 Å². The maximum absolute atomic E-state index is 12.6. The quantitative estimate of drug-likeness (QED) is 0.778. The Labute approximate surface area is 116 Å². The molecule has 0 fully saturated rings. The summed E-state index contributed by atoms with van der Waals surface area (Å²) in [5.74, 6) is 0.668. The molecule has 4 heteroatoms. The van der Waals surface area contributed by atoms with Gasteiger partial charge in [0.25, 0.3) is 0 Å². The summed E-state index contributed by atoms with van der Waals surface area (Å²) in [4.78, 5) is 0. The molecule has 0 aliphatic heterocycles. The first kappa shape index (κ1) is 14.4. The van der Waals surface area contributed by atoms with Crippen LogP contribution in [-0.2, 0) is 19.2 Å². The molecule has 2 aromatic carbocycles. The zero-order valence-corrected chi connectivity index (χ0v) is 11.1. The summed E-state index contributed by atoms with van der Waals surface area (Å²) >= 11 is 0. The summed E-state index contributed by atoms with van der Waals surface area (Å²) in [5, 5.41) is 0. The fourth-order valence-electron chi connectivity index (χ4n) is 1.86. The predicted octanol–water partition coefficient (Wildman–Crippen LogP) is 4.85. The van der Waals surface area contributed by atoms with Gasteiger partial charge in [-0.15, -0.1) is 0 Å². The summed E-state index contributed by atoms with van der Waals surface area (Å²) in [6.45, 7) is 2.16. The molecule has 0 saturated heterocycles.